The van der Waals surface area contributed by atoms with E-state index >= 15 is 0 Å². The van der Waals surface area contributed by atoms with Crippen molar-refractivity contribution in [3.63, 3.8) is 0 Å². The van der Waals surface area contributed by atoms with Crippen LogP contribution in [0.1, 0.15) is 6.92 Å². The molecule has 0 radical (unpaired) electrons. The SMILES string of the molecule is CCS(=O)(=O)[O-].O=C([O-])C(=O)[O-].[NH4+].[NH4+].[NH4+]. The molecule has 0 aliphatic rings. The van der Waals surface area contributed by atoms with Crippen LogP contribution in [0.5, 0.6) is 0 Å². The molecule has 0 saturated heterocycles. The van der Waals surface area contributed by atoms with E-state index in [0.29, 0.717) is 0 Å². The number of carbonyl (C=O) groups is 2. The molecule has 96 valence electrons. The molecule has 0 bridgehead atoms. The minimum Gasteiger partial charge on any atom is -0.748 e. The minimum atomic E-state index is -3.91. The van der Waals surface area contributed by atoms with Gasteiger partial charge in [0.25, 0.3) is 0 Å². The molecule has 0 aromatic rings. The zero-order valence-corrected chi connectivity index (χ0v) is 9.79. The lowest BCUT2D eigenvalue weighted by atomic mass is 10.7. The second-order valence-corrected chi connectivity index (χ2v) is 3.11. The molecular formula is C4H17N3O7S. The molecule has 11 heteroatoms. The Labute approximate surface area is 86.8 Å². The topological polar surface area (TPSA) is 247 Å². The molecule has 0 spiro atoms. The Bertz CT molecular complexity index is 249. The monoisotopic (exact) mass is 251 g/mol. The summed E-state index contributed by atoms with van der Waals surface area (Å²) in [4.78, 5) is 17.9. The molecular weight excluding hydrogens is 234 g/mol. The lowest BCUT2D eigenvalue weighted by Crippen LogP contribution is -2.42. The van der Waals surface area contributed by atoms with E-state index in [1.54, 1.807) is 0 Å². The van der Waals surface area contributed by atoms with Gasteiger partial charge in [-0.3, -0.25) is 0 Å². The molecule has 0 atom stereocenters. The number of aliphatic carboxylic acids is 2. The quantitative estimate of drug-likeness (QED) is 0.324. The highest BCUT2D eigenvalue weighted by Crippen LogP contribution is 1.73. The summed E-state index contributed by atoms with van der Waals surface area (Å²) in [5.41, 5.74) is 0. The Kier molecular flexibility index (Phi) is 24.8. The van der Waals surface area contributed by atoms with Gasteiger partial charge in [0.2, 0.25) is 0 Å². The van der Waals surface area contributed by atoms with E-state index < -0.39 is 22.1 Å². The number of hydrogen-bond acceptors (Lipinski definition) is 7. The van der Waals surface area contributed by atoms with Crippen LogP contribution in [0, 0.1) is 0 Å². The Balaban J connectivity index is -0.0000000370. The summed E-state index contributed by atoms with van der Waals surface area (Å²) in [7, 11) is -3.91. The molecule has 15 heavy (non-hydrogen) atoms. The van der Waals surface area contributed by atoms with Crippen LogP contribution in [0.4, 0.5) is 0 Å². The van der Waals surface area contributed by atoms with E-state index in [1.807, 2.05) is 0 Å². The van der Waals surface area contributed by atoms with E-state index in [1.165, 1.54) is 6.92 Å². The van der Waals surface area contributed by atoms with Crippen LogP contribution in [-0.2, 0) is 19.7 Å². The summed E-state index contributed by atoms with van der Waals surface area (Å²) >= 11 is 0. The zero-order chi connectivity index (χ0) is 10.4. The summed E-state index contributed by atoms with van der Waals surface area (Å²) in [5, 5.41) is 17.9. The van der Waals surface area contributed by atoms with Crippen molar-refractivity contribution in [2.24, 2.45) is 0 Å². The first kappa shape index (κ1) is 29.2. The molecule has 0 unspecified atom stereocenters. The fourth-order valence-corrected chi connectivity index (χ4v) is 0. The predicted molar refractivity (Wildman–Crippen MR) is 48.2 cm³/mol. The van der Waals surface area contributed by atoms with Crippen molar-refractivity contribution < 1.29 is 32.8 Å². The van der Waals surface area contributed by atoms with Crippen LogP contribution < -0.4 is 28.7 Å². The molecule has 0 saturated carbocycles. The average molecular weight is 251 g/mol. The zero-order valence-electron chi connectivity index (χ0n) is 8.97. The Morgan fingerprint density at radius 3 is 1.13 bits per heavy atom. The van der Waals surface area contributed by atoms with E-state index in [9.17, 15) is 13.0 Å². The van der Waals surface area contributed by atoms with Crippen LogP contribution >= 0.6 is 0 Å². The molecule has 0 fully saturated rings. The van der Waals surface area contributed by atoms with Crippen molar-refractivity contribution in [1.82, 2.24) is 18.5 Å². The molecule has 0 heterocycles. The number of carbonyl (C=O) groups excluding carboxylic acids is 2. The fraction of sp³-hybridized carbons (Fsp3) is 0.500. The highest BCUT2D eigenvalue weighted by atomic mass is 32.2. The van der Waals surface area contributed by atoms with E-state index in [0.717, 1.165) is 0 Å². The molecule has 0 aliphatic carbocycles. The number of carboxylic acids is 2. The third-order valence-corrected chi connectivity index (χ3v) is 1.23. The van der Waals surface area contributed by atoms with Gasteiger partial charge < -0.3 is 42.8 Å². The molecule has 12 N–H and O–H groups in total. The maximum atomic E-state index is 9.44. The van der Waals surface area contributed by atoms with Gasteiger partial charge in [-0.25, -0.2) is 8.42 Å². The molecule has 0 rings (SSSR count). The largest absolute Gasteiger partial charge is 0.748 e. The second kappa shape index (κ2) is 12.7. The lowest BCUT2D eigenvalue weighted by Gasteiger charge is -1.97. The predicted octanol–water partition coefficient (Wildman–Crippen LogP) is -2.83. The molecule has 0 aromatic carbocycles. The number of hydrogen-bond donors (Lipinski definition) is 3. The Morgan fingerprint density at radius 1 is 1.00 bits per heavy atom. The summed E-state index contributed by atoms with van der Waals surface area (Å²) < 4.78 is 28.3. The first-order chi connectivity index (χ1) is 5.20. The van der Waals surface area contributed by atoms with Crippen LogP contribution in [0.3, 0.4) is 0 Å². The second-order valence-electron chi connectivity index (χ2n) is 1.42. The van der Waals surface area contributed by atoms with Gasteiger partial charge in [0.15, 0.2) is 0 Å². The van der Waals surface area contributed by atoms with Crippen molar-refractivity contribution in [2.45, 2.75) is 6.92 Å². The average Bonchev–Trinajstić information content (AvgIpc) is 1.87. The summed E-state index contributed by atoms with van der Waals surface area (Å²) in [6, 6.07) is 0. The highest BCUT2D eigenvalue weighted by Gasteiger charge is 1.80. The van der Waals surface area contributed by atoms with Crippen LogP contribution in [0.15, 0.2) is 0 Å². The van der Waals surface area contributed by atoms with Crippen molar-refractivity contribution in [3.05, 3.63) is 0 Å². The first-order valence-corrected chi connectivity index (χ1v) is 4.14. The third kappa shape index (κ3) is 44.6. The highest BCUT2D eigenvalue weighted by molar-refractivity contribution is 7.85. The molecule has 0 aliphatic heterocycles. The van der Waals surface area contributed by atoms with Gasteiger partial charge in [-0.1, -0.05) is 6.92 Å². The maximum absolute atomic E-state index is 9.44. The molecule has 0 amide bonds. The standard InChI is InChI=1S/C2H2O4.C2H6O3S.3H3N/c3-1(4)2(5)6;1-2-6(3,4)5;;;/h(H,3,4)(H,5,6);2H2,1H3,(H,3,4,5);3*1H3. The van der Waals surface area contributed by atoms with Crippen molar-refractivity contribution in [2.75, 3.05) is 5.75 Å². The molecule has 10 nitrogen and oxygen atoms in total. The van der Waals surface area contributed by atoms with Gasteiger partial charge >= 0.3 is 0 Å². The van der Waals surface area contributed by atoms with Gasteiger partial charge in [-0.05, 0) is 0 Å². The summed E-state index contributed by atoms with van der Waals surface area (Å²) in [6.07, 6.45) is 0. The normalized spacial score (nSPS) is 7.60. The van der Waals surface area contributed by atoms with Crippen LogP contribution in [-0.4, -0.2) is 30.7 Å². The van der Waals surface area contributed by atoms with Crippen molar-refractivity contribution >= 4 is 22.1 Å². The summed E-state index contributed by atoms with van der Waals surface area (Å²) in [6.45, 7) is 1.31. The number of rotatable bonds is 1. The minimum absolute atomic E-state index is 0. The maximum Gasteiger partial charge on any atom is 0.0943 e. The van der Waals surface area contributed by atoms with Gasteiger partial charge in [-0.2, -0.15) is 0 Å². The van der Waals surface area contributed by atoms with E-state index in [-0.39, 0.29) is 24.2 Å². The van der Waals surface area contributed by atoms with E-state index in [4.69, 9.17) is 19.8 Å². The van der Waals surface area contributed by atoms with Crippen LogP contribution in [0.25, 0.3) is 0 Å². The first-order valence-electron chi connectivity index (χ1n) is 2.56. The van der Waals surface area contributed by atoms with Gasteiger partial charge in [0.05, 0.1) is 22.1 Å². The third-order valence-electron chi connectivity index (χ3n) is 0.520. The fourth-order valence-electron chi connectivity index (χ4n) is 0. The van der Waals surface area contributed by atoms with Gasteiger partial charge in [0.1, 0.15) is 0 Å². The van der Waals surface area contributed by atoms with Crippen molar-refractivity contribution in [3.8, 4) is 0 Å². The molecule has 0 aromatic heterocycles. The van der Waals surface area contributed by atoms with Gasteiger partial charge in [-0.15, -0.1) is 0 Å². The number of carboxylic acid groups (broad SMARTS) is 2. The van der Waals surface area contributed by atoms with Crippen molar-refractivity contribution in [1.29, 1.82) is 0 Å². The Hall–Kier alpha value is -1.27. The van der Waals surface area contributed by atoms with Crippen LogP contribution in [0.2, 0.25) is 0 Å². The van der Waals surface area contributed by atoms with E-state index in [2.05, 4.69) is 0 Å². The number of quaternary nitrogens is 3. The smallest absolute Gasteiger partial charge is 0.0943 e. The van der Waals surface area contributed by atoms with Gasteiger partial charge in [0, 0.05) is 5.75 Å². The Morgan fingerprint density at radius 2 is 1.13 bits per heavy atom. The summed E-state index contributed by atoms with van der Waals surface area (Å²) in [5.74, 6) is -4.68. The lowest BCUT2D eigenvalue weighted by molar-refractivity contribution is -0.345.